The van der Waals surface area contributed by atoms with E-state index in [-0.39, 0.29) is 23.7 Å². The third-order valence-corrected chi connectivity index (χ3v) is 10.7. The first-order chi connectivity index (χ1) is 20.8. The Kier molecular flexibility index (Phi) is 8.50. The van der Waals surface area contributed by atoms with E-state index in [1.54, 1.807) is 0 Å². The van der Waals surface area contributed by atoms with Crippen molar-refractivity contribution in [1.82, 2.24) is 5.32 Å². The van der Waals surface area contributed by atoms with Gasteiger partial charge >= 0.3 is 0 Å². The van der Waals surface area contributed by atoms with Gasteiger partial charge in [-0.05, 0) is 79.3 Å². The molecular weight excluding hydrogens is 532 g/mol. The Labute approximate surface area is 256 Å². The van der Waals surface area contributed by atoms with Gasteiger partial charge in [0.2, 0.25) is 5.91 Å². The third-order valence-electron chi connectivity index (χ3n) is 10.7. The van der Waals surface area contributed by atoms with E-state index in [1.807, 2.05) is 19.1 Å². The first-order valence-electron chi connectivity index (χ1n) is 16.5. The number of nitrogens with two attached hydrogens (primary N) is 1. The monoisotopic (exact) mass is 580 g/mol. The molecule has 0 spiro atoms. The second-order valence-corrected chi connectivity index (χ2v) is 13.7. The largest absolute Gasteiger partial charge is 0.390 e. The zero-order valence-electron chi connectivity index (χ0n) is 25.7. The molecule has 43 heavy (non-hydrogen) atoms. The standard InChI is InChI=1S/C37H48N4O2/c1-36(43)21-19-31(20-22-36)40-35(42)37(30-14-6-4-2-3-5-7-15-30)24-28-18-17-27(34(38)39)23-33(28)41(37)25-29-13-10-12-26-11-8-9-16-32(26)29/h8-13,16-18,23,30-31,43H,2-7,14-15,19-22,24-25H2,1H3,(H3,38,39)(H,40,42)/t31-,36+,37?. The highest BCUT2D eigenvalue weighted by Crippen LogP contribution is 2.48. The minimum absolute atomic E-state index is 0.0477. The molecule has 1 heterocycles. The van der Waals surface area contributed by atoms with E-state index in [0.717, 1.165) is 49.8 Å². The van der Waals surface area contributed by atoms with Crippen LogP contribution in [-0.4, -0.2) is 34.0 Å². The van der Waals surface area contributed by atoms with Crippen LogP contribution in [0, 0.1) is 11.3 Å². The highest BCUT2D eigenvalue weighted by Gasteiger charge is 2.54. The average Bonchev–Trinajstić information content (AvgIpc) is 3.39. The van der Waals surface area contributed by atoms with Crippen molar-refractivity contribution in [2.45, 2.75) is 114 Å². The molecule has 3 aliphatic rings. The van der Waals surface area contributed by atoms with Crippen molar-refractivity contribution in [2.75, 3.05) is 4.90 Å². The number of nitrogen functional groups attached to an aromatic ring is 1. The lowest BCUT2D eigenvalue weighted by molar-refractivity contribution is -0.130. The number of nitrogens with one attached hydrogen (secondary N) is 2. The molecule has 1 unspecified atom stereocenters. The first-order valence-corrected chi connectivity index (χ1v) is 16.5. The minimum atomic E-state index is -0.737. The number of aliphatic hydroxyl groups is 1. The number of carbonyl (C=O) groups excluding carboxylic acids is 1. The predicted octanol–water partition coefficient (Wildman–Crippen LogP) is 6.99. The van der Waals surface area contributed by atoms with Crippen LogP contribution in [0.15, 0.2) is 60.7 Å². The van der Waals surface area contributed by atoms with Crippen LogP contribution in [0.5, 0.6) is 0 Å². The summed E-state index contributed by atoms with van der Waals surface area (Å²) in [5.74, 6) is 0.385. The van der Waals surface area contributed by atoms with Gasteiger partial charge in [0.1, 0.15) is 11.4 Å². The topological polar surface area (TPSA) is 102 Å². The lowest BCUT2D eigenvalue weighted by Crippen LogP contribution is -2.63. The molecule has 3 aromatic rings. The number of hydrogen-bond donors (Lipinski definition) is 4. The predicted molar refractivity (Wildman–Crippen MR) is 175 cm³/mol. The second-order valence-electron chi connectivity index (χ2n) is 13.7. The summed E-state index contributed by atoms with van der Waals surface area (Å²) in [5, 5.41) is 24.8. The third kappa shape index (κ3) is 6.04. The van der Waals surface area contributed by atoms with Crippen LogP contribution in [0.25, 0.3) is 10.8 Å². The van der Waals surface area contributed by atoms with Crippen LogP contribution in [-0.2, 0) is 17.8 Å². The summed E-state index contributed by atoms with van der Waals surface area (Å²) in [6.07, 6.45) is 13.0. The molecule has 2 fully saturated rings. The number of hydrogen-bond acceptors (Lipinski definition) is 4. The van der Waals surface area contributed by atoms with E-state index in [1.165, 1.54) is 42.0 Å². The van der Waals surface area contributed by atoms with Gasteiger partial charge in [-0.25, -0.2) is 0 Å². The Morgan fingerprint density at radius 1 is 0.953 bits per heavy atom. The molecule has 0 aromatic heterocycles. The molecule has 6 rings (SSSR count). The lowest BCUT2D eigenvalue weighted by Gasteiger charge is -2.46. The maximum Gasteiger partial charge on any atom is 0.246 e. The van der Waals surface area contributed by atoms with E-state index in [0.29, 0.717) is 31.4 Å². The molecule has 5 N–H and O–H groups in total. The zero-order valence-corrected chi connectivity index (χ0v) is 25.7. The number of amides is 1. The van der Waals surface area contributed by atoms with E-state index in [4.69, 9.17) is 11.1 Å². The molecule has 1 amide bonds. The van der Waals surface area contributed by atoms with Crippen LogP contribution in [0.2, 0.25) is 0 Å². The van der Waals surface area contributed by atoms with Crippen molar-refractivity contribution in [3.05, 3.63) is 77.4 Å². The van der Waals surface area contributed by atoms with Gasteiger partial charge in [0.05, 0.1) is 5.60 Å². The lowest BCUT2D eigenvalue weighted by atomic mass is 9.73. The van der Waals surface area contributed by atoms with Crippen LogP contribution < -0.4 is 16.0 Å². The highest BCUT2D eigenvalue weighted by molar-refractivity contribution is 5.98. The summed E-state index contributed by atoms with van der Waals surface area (Å²) in [7, 11) is 0. The molecule has 228 valence electrons. The Bertz CT molecular complexity index is 1460. The Balaban J connectivity index is 1.46. The average molecular weight is 581 g/mol. The normalized spacial score (nSPS) is 26.7. The van der Waals surface area contributed by atoms with E-state index < -0.39 is 11.1 Å². The van der Waals surface area contributed by atoms with Gasteiger partial charge in [-0.15, -0.1) is 0 Å². The van der Waals surface area contributed by atoms with Gasteiger partial charge in [-0.1, -0.05) is 93.1 Å². The van der Waals surface area contributed by atoms with Crippen molar-refractivity contribution >= 4 is 28.2 Å². The maximum atomic E-state index is 15.0. The molecule has 6 nitrogen and oxygen atoms in total. The van der Waals surface area contributed by atoms with Gasteiger partial charge < -0.3 is 21.1 Å². The van der Waals surface area contributed by atoms with Crippen molar-refractivity contribution in [3.8, 4) is 0 Å². The molecule has 3 aromatic carbocycles. The van der Waals surface area contributed by atoms with E-state index in [2.05, 4.69) is 58.7 Å². The van der Waals surface area contributed by atoms with Gasteiger partial charge in [0, 0.05) is 30.3 Å². The number of fused-ring (bicyclic) bond motifs is 2. The molecule has 0 saturated heterocycles. The van der Waals surface area contributed by atoms with Gasteiger partial charge in [0.25, 0.3) is 0 Å². The number of carbonyl (C=O) groups is 1. The van der Waals surface area contributed by atoms with Gasteiger partial charge in [-0.3, -0.25) is 10.2 Å². The molecule has 0 bridgehead atoms. The number of nitrogens with zero attached hydrogens (tertiary/aromatic N) is 1. The van der Waals surface area contributed by atoms with Crippen molar-refractivity contribution in [2.24, 2.45) is 11.7 Å². The van der Waals surface area contributed by atoms with Crippen LogP contribution in [0.4, 0.5) is 5.69 Å². The fourth-order valence-electron chi connectivity index (χ4n) is 8.12. The number of anilines is 1. The fourth-order valence-corrected chi connectivity index (χ4v) is 8.12. The van der Waals surface area contributed by atoms with Gasteiger partial charge in [-0.2, -0.15) is 0 Å². The summed E-state index contributed by atoms with van der Waals surface area (Å²) in [6.45, 7) is 2.52. The highest BCUT2D eigenvalue weighted by atomic mass is 16.3. The molecular formula is C37H48N4O2. The van der Waals surface area contributed by atoms with Crippen molar-refractivity contribution in [1.29, 1.82) is 5.41 Å². The summed E-state index contributed by atoms with van der Waals surface area (Å²) in [4.78, 5) is 17.5. The van der Waals surface area contributed by atoms with Crippen molar-refractivity contribution in [3.63, 3.8) is 0 Å². The van der Waals surface area contributed by atoms with E-state index in [9.17, 15) is 5.11 Å². The number of benzene rings is 3. The smallest absolute Gasteiger partial charge is 0.246 e. The molecule has 2 aliphatic carbocycles. The second kappa shape index (κ2) is 12.3. The summed E-state index contributed by atoms with van der Waals surface area (Å²) >= 11 is 0. The Hall–Kier alpha value is -3.38. The first kappa shape index (κ1) is 29.7. The Morgan fingerprint density at radius 3 is 2.35 bits per heavy atom. The molecule has 1 aliphatic heterocycles. The summed E-state index contributed by atoms with van der Waals surface area (Å²) in [5.41, 5.74) is 8.72. The number of amidine groups is 1. The van der Waals surface area contributed by atoms with Crippen LogP contribution in [0.3, 0.4) is 0 Å². The van der Waals surface area contributed by atoms with Gasteiger partial charge in [0.15, 0.2) is 0 Å². The van der Waals surface area contributed by atoms with E-state index >= 15 is 4.79 Å². The van der Waals surface area contributed by atoms with Crippen LogP contribution in [0.1, 0.15) is 101 Å². The fraction of sp³-hybridized carbons (Fsp3) is 0.514. The SMILES string of the molecule is C[C@]1(O)CC[C@@H](NC(=O)C2(C3CCCCCCCC3)Cc3ccc(C(=N)N)cc3N2Cc2cccc3ccccc23)CC1. The molecule has 6 heteroatoms. The summed E-state index contributed by atoms with van der Waals surface area (Å²) in [6, 6.07) is 21.1. The van der Waals surface area contributed by atoms with Crippen LogP contribution >= 0.6 is 0 Å². The zero-order chi connectivity index (χ0) is 30.0. The quantitative estimate of drug-likeness (QED) is 0.186. The number of rotatable bonds is 6. The summed E-state index contributed by atoms with van der Waals surface area (Å²) < 4.78 is 0. The van der Waals surface area contributed by atoms with Crippen molar-refractivity contribution < 1.29 is 9.90 Å². The maximum absolute atomic E-state index is 15.0. The minimum Gasteiger partial charge on any atom is -0.390 e. The Morgan fingerprint density at radius 2 is 1.63 bits per heavy atom. The molecule has 1 atom stereocenters. The molecule has 0 radical (unpaired) electrons. The molecule has 2 saturated carbocycles.